The third-order valence-corrected chi connectivity index (χ3v) is 4.91. The van der Waals surface area contributed by atoms with Crippen molar-refractivity contribution >= 4 is 23.5 Å². The summed E-state index contributed by atoms with van der Waals surface area (Å²) in [5, 5.41) is 0. The van der Waals surface area contributed by atoms with Gasteiger partial charge in [-0.05, 0) is 67.8 Å². The van der Waals surface area contributed by atoms with Crippen LogP contribution in [0.15, 0.2) is 41.3 Å². The van der Waals surface area contributed by atoms with Gasteiger partial charge in [-0.3, -0.25) is 9.59 Å². The number of thioether (sulfide) groups is 1. The molecule has 2 aromatic carbocycles. The lowest BCUT2D eigenvalue weighted by Crippen LogP contribution is -2.16. The van der Waals surface area contributed by atoms with Gasteiger partial charge in [0.05, 0.1) is 12.9 Å². The van der Waals surface area contributed by atoms with E-state index in [1.807, 2.05) is 57.2 Å². The van der Waals surface area contributed by atoms with Gasteiger partial charge in [0, 0.05) is 10.5 Å². The fourth-order valence-corrected chi connectivity index (χ4v) is 3.04. The third-order valence-electron chi connectivity index (χ3n) is 3.92. The highest BCUT2D eigenvalue weighted by Gasteiger charge is 2.13. The third kappa shape index (κ3) is 5.36. The molecule has 0 fully saturated rings. The summed E-state index contributed by atoms with van der Waals surface area (Å²) in [7, 11) is 1.60. The molecule has 0 spiro atoms. The molecule has 2 aromatic rings. The summed E-state index contributed by atoms with van der Waals surface area (Å²) in [5.41, 5.74) is 3.70. The van der Waals surface area contributed by atoms with Crippen LogP contribution in [0.2, 0.25) is 0 Å². The highest BCUT2D eigenvalue weighted by atomic mass is 32.2. The number of rotatable bonds is 7. The van der Waals surface area contributed by atoms with Crippen LogP contribution in [0.1, 0.15) is 27.0 Å². The Morgan fingerprint density at radius 3 is 2.24 bits per heavy atom. The highest BCUT2D eigenvalue weighted by Crippen LogP contribution is 2.21. The second kappa shape index (κ2) is 8.72. The Morgan fingerprint density at radius 1 is 0.960 bits per heavy atom. The minimum Gasteiger partial charge on any atom is -0.497 e. The quantitative estimate of drug-likeness (QED) is 0.423. The van der Waals surface area contributed by atoms with E-state index in [4.69, 9.17) is 9.47 Å². The van der Waals surface area contributed by atoms with E-state index in [0.29, 0.717) is 5.56 Å². The maximum absolute atomic E-state index is 12.3. The molecule has 2 rings (SSSR count). The van der Waals surface area contributed by atoms with Gasteiger partial charge in [0.2, 0.25) is 5.78 Å². The lowest BCUT2D eigenvalue weighted by molar-refractivity contribution is -0.139. The second-order valence-electron chi connectivity index (χ2n) is 5.80. The number of aryl methyl sites for hydroxylation is 3. The van der Waals surface area contributed by atoms with Gasteiger partial charge in [-0.25, -0.2) is 0 Å². The Balaban J connectivity index is 1.85. The lowest BCUT2D eigenvalue weighted by atomic mass is 9.98. The molecule has 0 aromatic heterocycles. The number of hydrogen-bond donors (Lipinski definition) is 0. The average molecular weight is 358 g/mol. The van der Waals surface area contributed by atoms with Crippen molar-refractivity contribution in [3.05, 3.63) is 58.7 Å². The smallest absolute Gasteiger partial charge is 0.316 e. The molecule has 0 heterocycles. The number of benzene rings is 2. The molecule has 0 amide bonds. The van der Waals surface area contributed by atoms with Crippen molar-refractivity contribution in [3.63, 3.8) is 0 Å². The molecule has 0 atom stereocenters. The van der Waals surface area contributed by atoms with Crippen molar-refractivity contribution in [3.8, 4) is 5.75 Å². The first-order valence-corrected chi connectivity index (χ1v) is 8.92. The molecule has 0 bridgehead atoms. The topological polar surface area (TPSA) is 52.6 Å². The van der Waals surface area contributed by atoms with Crippen molar-refractivity contribution in [2.45, 2.75) is 25.7 Å². The van der Waals surface area contributed by atoms with Gasteiger partial charge in [0.15, 0.2) is 6.61 Å². The monoisotopic (exact) mass is 358 g/mol. The van der Waals surface area contributed by atoms with Crippen LogP contribution in [0, 0.1) is 20.8 Å². The zero-order chi connectivity index (χ0) is 18.4. The van der Waals surface area contributed by atoms with E-state index in [1.54, 1.807) is 7.11 Å². The van der Waals surface area contributed by atoms with E-state index in [1.165, 1.54) is 11.8 Å². The van der Waals surface area contributed by atoms with Crippen LogP contribution in [-0.4, -0.2) is 31.2 Å². The fraction of sp³-hybridized carbons (Fsp3) is 0.300. The van der Waals surface area contributed by atoms with E-state index in [9.17, 15) is 9.59 Å². The van der Waals surface area contributed by atoms with Crippen molar-refractivity contribution in [2.24, 2.45) is 0 Å². The summed E-state index contributed by atoms with van der Waals surface area (Å²) in [5.74, 6) is 0.339. The number of Topliss-reactive ketones (excluding diaryl/α,β-unsaturated/α-hetero) is 1. The minimum atomic E-state index is -0.407. The van der Waals surface area contributed by atoms with Crippen LogP contribution in [0.3, 0.4) is 0 Å². The predicted molar refractivity (Wildman–Crippen MR) is 99.7 cm³/mol. The number of carbonyl (C=O) groups is 2. The van der Waals surface area contributed by atoms with Crippen LogP contribution >= 0.6 is 11.8 Å². The Hall–Kier alpha value is -2.27. The first kappa shape index (κ1) is 19.1. The number of methoxy groups -OCH3 is 1. The molecule has 0 N–H and O–H groups in total. The van der Waals surface area contributed by atoms with Crippen molar-refractivity contribution < 1.29 is 19.1 Å². The molecule has 4 nitrogen and oxygen atoms in total. The number of carbonyl (C=O) groups excluding carboxylic acids is 2. The van der Waals surface area contributed by atoms with Crippen LogP contribution < -0.4 is 4.74 Å². The Labute approximate surface area is 152 Å². The van der Waals surface area contributed by atoms with Gasteiger partial charge in [-0.2, -0.15) is 0 Å². The molecule has 5 heteroatoms. The largest absolute Gasteiger partial charge is 0.497 e. The number of ketones is 1. The lowest BCUT2D eigenvalue weighted by Gasteiger charge is -2.09. The molecule has 0 aliphatic heterocycles. The van der Waals surface area contributed by atoms with Crippen molar-refractivity contribution in [1.82, 2.24) is 0 Å². The van der Waals surface area contributed by atoms with E-state index in [-0.39, 0.29) is 18.1 Å². The highest BCUT2D eigenvalue weighted by molar-refractivity contribution is 8.00. The molecule has 0 saturated heterocycles. The van der Waals surface area contributed by atoms with Crippen LogP contribution in [0.4, 0.5) is 0 Å². The van der Waals surface area contributed by atoms with E-state index in [2.05, 4.69) is 0 Å². The summed E-state index contributed by atoms with van der Waals surface area (Å²) in [4.78, 5) is 25.1. The zero-order valence-corrected chi connectivity index (χ0v) is 15.7. The molecule has 0 radical (unpaired) electrons. The Morgan fingerprint density at radius 2 is 1.60 bits per heavy atom. The molecular weight excluding hydrogens is 336 g/mol. The maximum Gasteiger partial charge on any atom is 0.316 e. The van der Waals surface area contributed by atoms with Gasteiger partial charge in [-0.15, -0.1) is 11.8 Å². The first-order valence-electron chi connectivity index (χ1n) is 7.94. The molecule has 25 heavy (non-hydrogen) atoms. The fourth-order valence-electron chi connectivity index (χ4n) is 2.34. The molecule has 0 aliphatic carbocycles. The summed E-state index contributed by atoms with van der Waals surface area (Å²) < 4.78 is 10.2. The van der Waals surface area contributed by atoms with Gasteiger partial charge < -0.3 is 9.47 Å². The number of esters is 1. The molecule has 0 aliphatic rings. The van der Waals surface area contributed by atoms with Crippen LogP contribution in [0.5, 0.6) is 5.75 Å². The van der Waals surface area contributed by atoms with E-state index in [0.717, 1.165) is 27.3 Å². The molecular formula is C20H22O4S. The van der Waals surface area contributed by atoms with Gasteiger partial charge in [-0.1, -0.05) is 6.07 Å². The second-order valence-corrected chi connectivity index (χ2v) is 6.85. The predicted octanol–water partition coefficient (Wildman–Crippen LogP) is 4.14. The van der Waals surface area contributed by atoms with Crippen LogP contribution in [0.25, 0.3) is 0 Å². The molecule has 132 valence electrons. The maximum atomic E-state index is 12.3. The number of ether oxygens (including phenoxy) is 2. The average Bonchev–Trinajstić information content (AvgIpc) is 2.61. The molecule has 0 unspecified atom stereocenters. The van der Waals surface area contributed by atoms with Gasteiger partial charge in [0.1, 0.15) is 5.75 Å². The Kier molecular flexibility index (Phi) is 6.65. The Bertz CT molecular complexity index is 766. The normalized spacial score (nSPS) is 10.4. The van der Waals surface area contributed by atoms with Crippen molar-refractivity contribution in [2.75, 3.05) is 19.5 Å². The number of hydrogen-bond acceptors (Lipinski definition) is 5. The summed E-state index contributed by atoms with van der Waals surface area (Å²) in [6.45, 7) is 5.63. The zero-order valence-electron chi connectivity index (χ0n) is 14.9. The molecule has 0 saturated carbocycles. The van der Waals surface area contributed by atoms with Crippen molar-refractivity contribution in [1.29, 1.82) is 0 Å². The van der Waals surface area contributed by atoms with E-state index >= 15 is 0 Å². The SMILES string of the molecule is COc1ccc(SCC(=O)OCC(=O)c2cc(C)c(C)cc2C)cc1. The van der Waals surface area contributed by atoms with E-state index < -0.39 is 5.97 Å². The summed E-state index contributed by atoms with van der Waals surface area (Å²) in [6, 6.07) is 11.2. The standard InChI is InChI=1S/C20H22O4S/c1-13-9-15(3)18(10-14(13)2)19(21)11-24-20(22)12-25-17-7-5-16(23-4)6-8-17/h5-10H,11-12H2,1-4H3. The summed E-state index contributed by atoms with van der Waals surface area (Å²) >= 11 is 1.36. The summed E-state index contributed by atoms with van der Waals surface area (Å²) in [6.07, 6.45) is 0. The first-order chi connectivity index (χ1) is 11.9. The van der Waals surface area contributed by atoms with Gasteiger partial charge in [0.25, 0.3) is 0 Å². The minimum absolute atomic E-state index is 0.158. The van der Waals surface area contributed by atoms with Gasteiger partial charge >= 0.3 is 5.97 Å². The van der Waals surface area contributed by atoms with Crippen LogP contribution in [-0.2, 0) is 9.53 Å².